The Balaban J connectivity index is 1.64. The zero-order valence-electron chi connectivity index (χ0n) is 13.3. The molecule has 22 heavy (non-hydrogen) atoms. The Hall–Kier alpha value is -1.75. The molecule has 5 heteroatoms. The Morgan fingerprint density at radius 3 is 2.86 bits per heavy atom. The Kier molecular flexibility index (Phi) is 4.52. The van der Waals surface area contributed by atoms with Gasteiger partial charge >= 0.3 is 0 Å². The summed E-state index contributed by atoms with van der Waals surface area (Å²) < 4.78 is 0. The Bertz CT molecular complexity index is 553. The van der Waals surface area contributed by atoms with Crippen molar-refractivity contribution in [2.45, 2.75) is 32.7 Å². The van der Waals surface area contributed by atoms with Crippen LogP contribution in [0, 0.1) is 11.8 Å². The van der Waals surface area contributed by atoms with Crippen molar-refractivity contribution in [3.8, 4) is 0 Å². The lowest BCUT2D eigenvalue weighted by Gasteiger charge is -2.19. The minimum atomic E-state index is -0.103. The number of hydrogen-bond acceptors (Lipinski definition) is 4. The van der Waals surface area contributed by atoms with Gasteiger partial charge in [0.1, 0.15) is 5.69 Å². The van der Waals surface area contributed by atoms with Gasteiger partial charge in [-0.25, -0.2) is 4.98 Å². The summed E-state index contributed by atoms with van der Waals surface area (Å²) in [4.78, 5) is 22.8. The number of likely N-dealkylation sites (tertiary alicyclic amines) is 1. The van der Waals surface area contributed by atoms with E-state index < -0.39 is 0 Å². The lowest BCUT2D eigenvalue weighted by Crippen LogP contribution is -2.41. The zero-order chi connectivity index (χ0) is 15.5. The van der Waals surface area contributed by atoms with E-state index in [4.69, 9.17) is 0 Å². The molecule has 1 aromatic rings. The predicted octanol–water partition coefficient (Wildman–Crippen LogP) is 1.88. The van der Waals surface area contributed by atoms with Crippen LogP contribution in [0.15, 0.2) is 30.2 Å². The van der Waals surface area contributed by atoms with E-state index in [-0.39, 0.29) is 11.9 Å². The number of carbonyl (C=O) groups is 1. The predicted molar refractivity (Wildman–Crippen MR) is 85.4 cm³/mol. The molecule has 1 saturated heterocycles. The lowest BCUT2D eigenvalue weighted by atomic mass is 9.98. The van der Waals surface area contributed by atoms with Crippen molar-refractivity contribution in [3.05, 3.63) is 35.9 Å². The number of aromatic nitrogens is 2. The van der Waals surface area contributed by atoms with Gasteiger partial charge in [-0.1, -0.05) is 11.6 Å². The van der Waals surface area contributed by atoms with Crippen molar-refractivity contribution in [2.75, 3.05) is 19.6 Å². The standard InChI is InChI=1S/C17H24N4O/c1-3-12(2)9-21-10-14(13-4-5-13)16(11-21)20-17(22)15-8-18-6-7-19-15/h3,6-8,13-14,16H,4-5,9-11H2,1-2H3,(H,20,22)/t14-,16+/m1/s1. The summed E-state index contributed by atoms with van der Waals surface area (Å²) in [6.07, 6.45) is 9.44. The Morgan fingerprint density at radius 1 is 1.41 bits per heavy atom. The molecule has 1 saturated carbocycles. The van der Waals surface area contributed by atoms with E-state index in [1.165, 1.54) is 24.6 Å². The van der Waals surface area contributed by atoms with Gasteiger partial charge in [0.15, 0.2) is 0 Å². The monoisotopic (exact) mass is 300 g/mol. The molecule has 5 nitrogen and oxygen atoms in total. The first-order valence-electron chi connectivity index (χ1n) is 8.08. The average molecular weight is 300 g/mol. The molecule has 1 aromatic heterocycles. The number of nitrogens with one attached hydrogen (secondary N) is 1. The van der Waals surface area contributed by atoms with Crippen molar-refractivity contribution >= 4 is 5.91 Å². The van der Waals surface area contributed by atoms with Gasteiger partial charge in [-0.15, -0.1) is 0 Å². The van der Waals surface area contributed by atoms with Crippen molar-refractivity contribution in [2.24, 2.45) is 11.8 Å². The highest BCUT2D eigenvalue weighted by molar-refractivity contribution is 5.92. The summed E-state index contributed by atoms with van der Waals surface area (Å²) in [6, 6.07) is 0.228. The first-order valence-corrected chi connectivity index (χ1v) is 8.08. The third-order valence-corrected chi connectivity index (χ3v) is 4.75. The van der Waals surface area contributed by atoms with E-state index in [0.29, 0.717) is 11.6 Å². The van der Waals surface area contributed by atoms with Crippen LogP contribution in [0.25, 0.3) is 0 Å². The van der Waals surface area contributed by atoms with E-state index in [1.807, 2.05) is 0 Å². The summed E-state index contributed by atoms with van der Waals surface area (Å²) in [7, 11) is 0. The van der Waals surface area contributed by atoms with Crippen molar-refractivity contribution in [1.82, 2.24) is 20.2 Å². The van der Waals surface area contributed by atoms with Gasteiger partial charge in [-0.05, 0) is 38.5 Å². The fourth-order valence-corrected chi connectivity index (χ4v) is 3.30. The third-order valence-electron chi connectivity index (χ3n) is 4.75. The summed E-state index contributed by atoms with van der Waals surface area (Å²) in [5.41, 5.74) is 1.79. The maximum atomic E-state index is 12.3. The average Bonchev–Trinajstić information content (AvgIpc) is 3.31. The van der Waals surface area contributed by atoms with E-state index in [0.717, 1.165) is 25.6 Å². The van der Waals surface area contributed by atoms with Crippen LogP contribution in [-0.2, 0) is 0 Å². The highest BCUT2D eigenvalue weighted by atomic mass is 16.2. The van der Waals surface area contributed by atoms with Gasteiger partial charge in [0.2, 0.25) is 0 Å². The first kappa shape index (κ1) is 15.2. The minimum absolute atomic E-state index is 0.103. The molecule has 0 aromatic carbocycles. The topological polar surface area (TPSA) is 58.1 Å². The molecule has 2 fully saturated rings. The first-order chi connectivity index (χ1) is 10.7. The molecular formula is C17H24N4O. The molecule has 0 radical (unpaired) electrons. The van der Waals surface area contributed by atoms with Crippen molar-refractivity contribution in [1.29, 1.82) is 0 Å². The fraction of sp³-hybridized carbons (Fsp3) is 0.588. The minimum Gasteiger partial charge on any atom is -0.346 e. The Labute approximate surface area is 131 Å². The number of allylic oxidation sites excluding steroid dienone is 1. The molecule has 2 aliphatic rings. The molecule has 0 unspecified atom stereocenters. The second kappa shape index (κ2) is 6.57. The summed E-state index contributed by atoms with van der Waals surface area (Å²) in [5.74, 6) is 1.25. The van der Waals surface area contributed by atoms with Crippen LogP contribution in [0.2, 0.25) is 0 Å². The molecule has 1 amide bonds. The van der Waals surface area contributed by atoms with Gasteiger partial charge in [-0.3, -0.25) is 14.7 Å². The van der Waals surface area contributed by atoms with E-state index in [2.05, 4.69) is 40.1 Å². The van der Waals surface area contributed by atoms with Crippen LogP contribution >= 0.6 is 0 Å². The molecule has 1 aliphatic carbocycles. The number of amides is 1. The summed E-state index contributed by atoms with van der Waals surface area (Å²) in [6.45, 7) is 7.26. The van der Waals surface area contributed by atoms with Gasteiger partial charge in [0, 0.05) is 38.1 Å². The Morgan fingerprint density at radius 2 is 2.23 bits per heavy atom. The number of nitrogens with zero attached hydrogens (tertiary/aromatic N) is 3. The van der Waals surface area contributed by atoms with Crippen LogP contribution < -0.4 is 5.32 Å². The van der Waals surface area contributed by atoms with Gasteiger partial charge in [0.25, 0.3) is 5.91 Å². The van der Waals surface area contributed by atoms with Crippen LogP contribution in [0.5, 0.6) is 0 Å². The van der Waals surface area contributed by atoms with Crippen LogP contribution in [0.1, 0.15) is 37.2 Å². The third kappa shape index (κ3) is 3.53. The fourth-order valence-electron chi connectivity index (χ4n) is 3.30. The zero-order valence-corrected chi connectivity index (χ0v) is 13.3. The molecule has 118 valence electrons. The highest BCUT2D eigenvalue weighted by Crippen LogP contribution is 2.41. The van der Waals surface area contributed by atoms with Crippen molar-refractivity contribution < 1.29 is 4.79 Å². The maximum absolute atomic E-state index is 12.3. The summed E-state index contributed by atoms with van der Waals surface area (Å²) in [5, 5.41) is 3.19. The molecular weight excluding hydrogens is 276 g/mol. The maximum Gasteiger partial charge on any atom is 0.271 e. The van der Waals surface area contributed by atoms with E-state index in [9.17, 15) is 4.79 Å². The van der Waals surface area contributed by atoms with Gasteiger partial charge in [0.05, 0.1) is 6.20 Å². The largest absolute Gasteiger partial charge is 0.346 e. The SMILES string of the molecule is CC=C(C)CN1C[C@H](NC(=O)c2cnccn2)[C@@H](C2CC2)C1. The quantitative estimate of drug-likeness (QED) is 0.844. The van der Waals surface area contributed by atoms with E-state index >= 15 is 0 Å². The van der Waals surface area contributed by atoms with E-state index in [1.54, 1.807) is 12.4 Å². The molecule has 3 rings (SSSR count). The number of carbonyl (C=O) groups excluding carboxylic acids is 1. The normalized spacial score (nSPS) is 26.2. The lowest BCUT2D eigenvalue weighted by molar-refractivity contribution is 0.0922. The molecule has 1 N–H and O–H groups in total. The molecule has 2 atom stereocenters. The highest BCUT2D eigenvalue weighted by Gasteiger charge is 2.43. The van der Waals surface area contributed by atoms with Gasteiger partial charge in [-0.2, -0.15) is 0 Å². The second-order valence-corrected chi connectivity index (χ2v) is 6.50. The summed E-state index contributed by atoms with van der Waals surface area (Å²) >= 11 is 0. The molecule has 0 spiro atoms. The number of rotatable bonds is 5. The molecule has 1 aliphatic heterocycles. The second-order valence-electron chi connectivity index (χ2n) is 6.50. The molecule has 0 bridgehead atoms. The van der Waals surface area contributed by atoms with Gasteiger partial charge < -0.3 is 5.32 Å². The van der Waals surface area contributed by atoms with Crippen LogP contribution in [-0.4, -0.2) is 46.5 Å². The number of hydrogen-bond donors (Lipinski definition) is 1. The molecule has 2 heterocycles. The van der Waals surface area contributed by atoms with Crippen LogP contribution in [0.3, 0.4) is 0 Å². The van der Waals surface area contributed by atoms with Crippen LogP contribution in [0.4, 0.5) is 0 Å². The van der Waals surface area contributed by atoms with Crippen molar-refractivity contribution in [3.63, 3.8) is 0 Å². The smallest absolute Gasteiger partial charge is 0.271 e.